The molecule has 60 valence electrons. The molecule has 6 heteroatoms. The average molecular weight is 155 g/mol. The van der Waals surface area contributed by atoms with Gasteiger partial charge in [0.2, 0.25) is 5.91 Å². The number of amides is 1. The number of primary amides is 1. The lowest BCUT2D eigenvalue weighted by atomic mass is 10.4. The molecule has 0 aromatic carbocycles. The number of tetrazole rings is 1. The van der Waals surface area contributed by atoms with E-state index < -0.39 is 5.91 Å². The number of carbonyl (C=O) groups is 1. The van der Waals surface area contributed by atoms with Crippen LogP contribution in [-0.2, 0) is 17.8 Å². The number of aryl methyl sites for hydroxylation is 1. The van der Waals surface area contributed by atoms with Crippen LogP contribution in [0.25, 0.3) is 0 Å². The van der Waals surface area contributed by atoms with E-state index >= 15 is 0 Å². The molecule has 11 heavy (non-hydrogen) atoms. The summed E-state index contributed by atoms with van der Waals surface area (Å²) in [6.07, 6.45) is 0.695. The number of hydrogen-bond donors (Lipinski definition) is 1. The summed E-state index contributed by atoms with van der Waals surface area (Å²) >= 11 is 0. The minimum absolute atomic E-state index is 0.0518. The Kier molecular flexibility index (Phi) is 2.15. The van der Waals surface area contributed by atoms with Crippen molar-refractivity contribution in [3.05, 3.63) is 5.82 Å². The molecule has 1 aromatic rings. The van der Waals surface area contributed by atoms with Gasteiger partial charge in [0.05, 0.1) is 0 Å². The molecular formula is C5H9N5O. The molecular weight excluding hydrogens is 146 g/mol. The first-order valence-electron chi connectivity index (χ1n) is 3.27. The second-order valence-corrected chi connectivity index (χ2v) is 2.07. The van der Waals surface area contributed by atoms with Crippen molar-refractivity contribution in [1.82, 2.24) is 20.2 Å². The number of rotatable bonds is 3. The molecule has 1 rings (SSSR count). The summed E-state index contributed by atoms with van der Waals surface area (Å²) in [6, 6.07) is 0. The molecule has 6 nitrogen and oxygen atoms in total. The Hall–Kier alpha value is -1.46. The summed E-state index contributed by atoms with van der Waals surface area (Å²) in [6.45, 7) is 1.96. The van der Waals surface area contributed by atoms with E-state index in [1.54, 1.807) is 0 Å². The molecule has 0 spiro atoms. The van der Waals surface area contributed by atoms with Crippen molar-refractivity contribution in [2.24, 2.45) is 5.73 Å². The molecule has 0 fully saturated rings. The standard InChI is InChI=1S/C5H9N5O/c1-2-5-7-8-9-10(5)3-4(6)11/h2-3H2,1H3,(H2,6,11). The molecule has 1 heterocycles. The van der Waals surface area contributed by atoms with Crippen LogP contribution in [0.15, 0.2) is 0 Å². The Morgan fingerprint density at radius 2 is 2.45 bits per heavy atom. The molecule has 0 saturated carbocycles. The van der Waals surface area contributed by atoms with Crippen molar-refractivity contribution in [1.29, 1.82) is 0 Å². The van der Waals surface area contributed by atoms with Gasteiger partial charge in [0, 0.05) is 6.42 Å². The zero-order valence-electron chi connectivity index (χ0n) is 6.19. The molecule has 0 aliphatic carbocycles. The quantitative estimate of drug-likeness (QED) is 0.589. The van der Waals surface area contributed by atoms with Crippen LogP contribution < -0.4 is 5.73 Å². The van der Waals surface area contributed by atoms with Crippen molar-refractivity contribution in [2.45, 2.75) is 19.9 Å². The number of nitrogens with two attached hydrogens (primary N) is 1. The highest BCUT2D eigenvalue weighted by Gasteiger charge is 2.04. The topological polar surface area (TPSA) is 86.7 Å². The van der Waals surface area contributed by atoms with Gasteiger partial charge in [-0.05, 0) is 10.4 Å². The fourth-order valence-corrected chi connectivity index (χ4v) is 0.747. The summed E-state index contributed by atoms with van der Waals surface area (Å²) < 4.78 is 1.39. The lowest BCUT2D eigenvalue weighted by molar-refractivity contribution is -0.118. The zero-order valence-corrected chi connectivity index (χ0v) is 6.19. The van der Waals surface area contributed by atoms with Crippen LogP contribution in [0.5, 0.6) is 0 Å². The highest BCUT2D eigenvalue weighted by Crippen LogP contribution is 1.90. The summed E-state index contributed by atoms with van der Waals surface area (Å²) in [7, 11) is 0. The Labute approximate surface area is 63.4 Å². The summed E-state index contributed by atoms with van der Waals surface area (Å²) in [5.41, 5.74) is 4.95. The van der Waals surface area contributed by atoms with Crippen LogP contribution in [0.2, 0.25) is 0 Å². The summed E-state index contributed by atoms with van der Waals surface area (Å²) in [4.78, 5) is 10.4. The first kappa shape index (κ1) is 7.64. The predicted octanol–water partition coefficient (Wildman–Crippen LogP) is -1.28. The Balaban J connectivity index is 2.76. The van der Waals surface area contributed by atoms with E-state index in [9.17, 15) is 4.79 Å². The minimum Gasteiger partial charge on any atom is -0.368 e. The monoisotopic (exact) mass is 155 g/mol. The van der Waals surface area contributed by atoms with Crippen LogP contribution in [-0.4, -0.2) is 26.1 Å². The van der Waals surface area contributed by atoms with Gasteiger partial charge in [0.15, 0.2) is 5.82 Å². The van der Waals surface area contributed by atoms with E-state index in [1.807, 2.05) is 6.92 Å². The van der Waals surface area contributed by atoms with Gasteiger partial charge in [0.1, 0.15) is 6.54 Å². The smallest absolute Gasteiger partial charge is 0.239 e. The highest BCUT2D eigenvalue weighted by molar-refractivity contribution is 5.73. The maximum Gasteiger partial charge on any atom is 0.239 e. The van der Waals surface area contributed by atoms with Crippen molar-refractivity contribution in [2.75, 3.05) is 0 Å². The maximum absolute atomic E-state index is 10.4. The van der Waals surface area contributed by atoms with Crippen LogP contribution in [0.4, 0.5) is 0 Å². The zero-order chi connectivity index (χ0) is 8.27. The van der Waals surface area contributed by atoms with Gasteiger partial charge in [-0.15, -0.1) is 5.10 Å². The second-order valence-electron chi connectivity index (χ2n) is 2.07. The molecule has 0 radical (unpaired) electrons. The lowest BCUT2D eigenvalue weighted by Gasteiger charge is -1.96. The Morgan fingerprint density at radius 1 is 1.73 bits per heavy atom. The SMILES string of the molecule is CCc1nnnn1CC(N)=O. The molecule has 2 N–H and O–H groups in total. The van der Waals surface area contributed by atoms with Crippen LogP contribution in [0.3, 0.4) is 0 Å². The molecule has 0 saturated heterocycles. The normalized spacial score (nSPS) is 9.91. The fraction of sp³-hybridized carbons (Fsp3) is 0.600. The molecule has 0 unspecified atom stereocenters. The van der Waals surface area contributed by atoms with Gasteiger partial charge >= 0.3 is 0 Å². The number of hydrogen-bond acceptors (Lipinski definition) is 4. The largest absolute Gasteiger partial charge is 0.368 e. The first-order valence-corrected chi connectivity index (χ1v) is 3.27. The molecule has 1 amide bonds. The van der Waals surface area contributed by atoms with E-state index in [0.29, 0.717) is 12.2 Å². The molecule has 0 aliphatic heterocycles. The Bertz CT molecular complexity index is 255. The van der Waals surface area contributed by atoms with Crippen molar-refractivity contribution < 1.29 is 4.79 Å². The van der Waals surface area contributed by atoms with E-state index in [1.165, 1.54) is 4.68 Å². The van der Waals surface area contributed by atoms with Crippen molar-refractivity contribution >= 4 is 5.91 Å². The molecule has 1 aromatic heterocycles. The van der Waals surface area contributed by atoms with E-state index in [0.717, 1.165) is 0 Å². The number of carbonyl (C=O) groups excluding carboxylic acids is 1. The van der Waals surface area contributed by atoms with Crippen LogP contribution in [0.1, 0.15) is 12.7 Å². The molecule has 0 bridgehead atoms. The summed E-state index contributed by atoms with van der Waals surface area (Å²) in [5.74, 6) is 0.232. The van der Waals surface area contributed by atoms with E-state index in [4.69, 9.17) is 5.73 Å². The lowest BCUT2D eigenvalue weighted by Crippen LogP contribution is -2.20. The highest BCUT2D eigenvalue weighted by atomic mass is 16.1. The number of nitrogens with zero attached hydrogens (tertiary/aromatic N) is 4. The summed E-state index contributed by atoms with van der Waals surface area (Å²) in [5, 5.41) is 10.7. The fourth-order valence-electron chi connectivity index (χ4n) is 0.747. The number of aromatic nitrogens is 4. The van der Waals surface area contributed by atoms with E-state index in [-0.39, 0.29) is 6.54 Å². The second kappa shape index (κ2) is 3.09. The van der Waals surface area contributed by atoms with Gasteiger partial charge in [-0.2, -0.15) is 0 Å². The predicted molar refractivity (Wildman–Crippen MR) is 36.4 cm³/mol. The molecule has 0 atom stereocenters. The third kappa shape index (κ3) is 1.73. The van der Waals surface area contributed by atoms with Crippen molar-refractivity contribution in [3.8, 4) is 0 Å². The minimum atomic E-state index is -0.438. The Morgan fingerprint density at radius 3 is 3.00 bits per heavy atom. The third-order valence-corrected chi connectivity index (χ3v) is 1.23. The van der Waals surface area contributed by atoms with Gasteiger partial charge < -0.3 is 5.73 Å². The van der Waals surface area contributed by atoms with Gasteiger partial charge in [-0.3, -0.25) is 4.79 Å². The van der Waals surface area contributed by atoms with Crippen LogP contribution in [0, 0.1) is 0 Å². The van der Waals surface area contributed by atoms with Gasteiger partial charge in [-0.25, -0.2) is 4.68 Å². The van der Waals surface area contributed by atoms with Gasteiger partial charge in [0.25, 0.3) is 0 Å². The van der Waals surface area contributed by atoms with Gasteiger partial charge in [-0.1, -0.05) is 6.92 Å². The average Bonchev–Trinajstić information content (AvgIpc) is 2.34. The third-order valence-electron chi connectivity index (χ3n) is 1.23. The van der Waals surface area contributed by atoms with Crippen molar-refractivity contribution in [3.63, 3.8) is 0 Å². The maximum atomic E-state index is 10.4. The molecule has 0 aliphatic rings. The van der Waals surface area contributed by atoms with E-state index in [2.05, 4.69) is 15.5 Å². The first-order chi connectivity index (χ1) is 5.24. The van der Waals surface area contributed by atoms with Crippen LogP contribution >= 0.6 is 0 Å².